The first-order valence-corrected chi connectivity index (χ1v) is 9.41. The van der Waals surface area contributed by atoms with E-state index in [0.717, 1.165) is 29.1 Å². The van der Waals surface area contributed by atoms with Gasteiger partial charge in [0.1, 0.15) is 5.01 Å². The number of thiazole rings is 1. The Morgan fingerprint density at radius 1 is 1.12 bits per heavy atom. The maximum Gasteiger partial charge on any atom is 0.226 e. The lowest BCUT2D eigenvalue weighted by molar-refractivity contribution is -0.120. The minimum atomic E-state index is 0.0363. The topological polar surface area (TPSA) is 42.0 Å². The Labute approximate surface area is 152 Å². The van der Waals surface area contributed by atoms with Gasteiger partial charge in [-0.1, -0.05) is 54.1 Å². The predicted octanol–water partition coefficient (Wildman–Crippen LogP) is 4.41. The van der Waals surface area contributed by atoms with Crippen molar-refractivity contribution in [2.45, 2.75) is 26.2 Å². The van der Waals surface area contributed by atoms with Gasteiger partial charge in [0.15, 0.2) is 0 Å². The first kappa shape index (κ1) is 17.4. The quantitative estimate of drug-likeness (QED) is 0.641. The van der Waals surface area contributed by atoms with Crippen LogP contribution in [0, 0.1) is 6.92 Å². The smallest absolute Gasteiger partial charge is 0.226 e. The van der Waals surface area contributed by atoms with Gasteiger partial charge in [-0.25, -0.2) is 4.98 Å². The number of carbonyl (C=O) groups is 1. The molecule has 0 unspecified atom stereocenters. The number of rotatable bonds is 7. The molecule has 4 heteroatoms. The first-order chi connectivity index (χ1) is 12.2. The van der Waals surface area contributed by atoms with E-state index in [2.05, 4.69) is 47.6 Å². The molecule has 0 atom stereocenters. The van der Waals surface area contributed by atoms with E-state index in [1.54, 1.807) is 11.3 Å². The molecule has 3 aromatic rings. The number of carbonyl (C=O) groups excluding carboxylic acids is 1. The van der Waals surface area contributed by atoms with Crippen molar-refractivity contribution in [2.75, 3.05) is 6.54 Å². The molecule has 0 saturated carbocycles. The van der Waals surface area contributed by atoms with E-state index in [1.165, 1.54) is 11.1 Å². The Morgan fingerprint density at radius 2 is 1.96 bits per heavy atom. The van der Waals surface area contributed by atoms with Gasteiger partial charge in [0.2, 0.25) is 5.91 Å². The summed E-state index contributed by atoms with van der Waals surface area (Å²) in [6, 6.07) is 18.6. The van der Waals surface area contributed by atoms with Crippen LogP contribution in [0.2, 0.25) is 0 Å². The van der Waals surface area contributed by atoms with Crippen LogP contribution < -0.4 is 5.32 Å². The molecule has 3 rings (SSSR count). The van der Waals surface area contributed by atoms with Crippen LogP contribution in [0.3, 0.4) is 0 Å². The van der Waals surface area contributed by atoms with E-state index in [9.17, 15) is 4.79 Å². The number of hydrogen-bond acceptors (Lipinski definition) is 3. The summed E-state index contributed by atoms with van der Waals surface area (Å²) in [4.78, 5) is 16.7. The van der Waals surface area contributed by atoms with Crippen LogP contribution in [0.5, 0.6) is 0 Å². The minimum Gasteiger partial charge on any atom is -0.356 e. The van der Waals surface area contributed by atoms with Gasteiger partial charge >= 0.3 is 0 Å². The second-order valence-corrected chi connectivity index (χ2v) is 6.99. The van der Waals surface area contributed by atoms with Crippen molar-refractivity contribution in [1.82, 2.24) is 10.3 Å². The average molecular weight is 350 g/mol. The van der Waals surface area contributed by atoms with E-state index in [-0.39, 0.29) is 5.91 Å². The molecule has 1 heterocycles. The summed E-state index contributed by atoms with van der Waals surface area (Å²) in [6.07, 6.45) is 2.27. The van der Waals surface area contributed by atoms with E-state index in [1.807, 2.05) is 29.6 Å². The molecule has 0 aliphatic rings. The second kappa shape index (κ2) is 8.58. The maximum atomic E-state index is 12.1. The lowest BCUT2D eigenvalue weighted by atomic mass is 10.1. The fourth-order valence-electron chi connectivity index (χ4n) is 2.69. The van der Waals surface area contributed by atoms with Gasteiger partial charge in [0.05, 0.1) is 12.1 Å². The lowest BCUT2D eigenvalue weighted by Crippen LogP contribution is -2.26. The summed E-state index contributed by atoms with van der Waals surface area (Å²) >= 11 is 1.59. The summed E-state index contributed by atoms with van der Waals surface area (Å²) < 4.78 is 0. The Kier molecular flexibility index (Phi) is 5.96. The van der Waals surface area contributed by atoms with Crippen molar-refractivity contribution in [3.05, 3.63) is 76.8 Å². The van der Waals surface area contributed by atoms with Crippen LogP contribution in [0.25, 0.3) is 10.6 Å². The third kappa shape index (κ3) is 5.26. The zero-order valence-electron chi connectivity index (χ0n) is 14.4. The molecule has 0 aliphatic carbocycles. The normalized spacial score (nSPS) is 10.6. The number of nitrogens with one attached hydrogen (secondary N) is 1. The van der Waals surface area contributed by atoms with Gasteiger partial charge < -0.3 is 5.32 Å². The molecule has 0 fully saturated rings. The molecule has 0 bridgehead atoms. The number of benzene rings is 2. The van der Waals surface area contributed by atoms with Crippen LogP contribution in [-0.4, -0.2) is 17.4 Å². The van der Waals surface area contributed by atoms with Crippen LogP contribution in [-0.2, 0) is 17.6 Å². The highest BCUT2D eigenvalue weighted by Crippen LogP contribution is 2.24. The zero-order chi connectivity index (χ0) is 17.5. The Hall–Kier alpha value is -2.46. The van der Waals surface area contributed by atoms with Crippen molar-refractivity contribution in [1.29, 1.82) is 0 Å². The summed E-state index contributed by atoms with van der Waals surface area (Å²) in [6.45, 7) is 2.77. The van der Waals surface area contributed by atoms with Crippen LogP contribution in [0.1, 0.15) is 23.2 Å². The van der Waals surface area contributed by atoms with E-state index in [4.69, 9.17) is 0 Å². The van der Waals surface area contributed by atoms with Crippen molar-refractivity contribution >= 4 is 17.2 Å². The van der Waals surface area contributed by atoms with E-state index in [0.29, 0.717) is 13.0 Å². The standard InChI is InChI=1S/C21H22N2OS/c1-16-7-5-11-18(13-16)21-23-19(15-25-21)14-20(24)22-12-6-10-17-8-3-2-4-9-17/h2-5,7-9,11,13,15H,6,10,12,14H2,1H3,(H,22,24). The Morgan fingerprint density at radius 3 is 2.76 bits per heavy atom. The molecular weight excluding hydrogens is 328 g/mol. The van der Waals surface area contributed by atoms with E-state index < -0.39 is 0 Å². The Bertz CT molecular complexity index is 827. The second-order valence-electron chi connectivity index (χ2n) is 6.13. The lowest BCUT2D eigenvalue weighted by Gasteiger charge is -2.04. The largest absolute Gasteiger partial charge is 0.356 e. The number of hydrogen-bond donors (Lipinski definition) is 1. The Balaban J connectivity index is 1.45. The summed E-state index contributed by atoms with van der Waals surface area (Å²) in [5.41, 5.74) is 4.46. The molecular formula is C21H22N2OS. The molecule has 0 aliphatic heterocycles. The molecule has 0 radical (unpaired) electrons. The molecule has 1 amide bonds. The van der Waals surface area contributed by atoms with Crippen molar-refractivity contribution in [3.63, 3.8) is 0 Å². The summed E-state index contributed by atoms with van der Waals surface area (Å²) in [7, 11) is 0. The SMILES string of the molecule is Cc1cccc(-c2nc(CC(=O)NCCCc3ccccc3)cs2)c1. The average Bonchev–Trinajstić information content (AvgIpc) is 3.08. The van der Waals surface area contributed by atoms with Crippen molar-refractivity contribution < 1.29 is 4.79 Å². The van der Waals surface area contributed by atoms with Crippen molar-refractivity contribution in [3.8, 4) is 10.6 Å². The highest BCUT2D eigenvalue weighted by molar-refractivity contribution is 7.13. The highest BCUT2D eigenvalue weighted by atomic mass is 32.1. The molecule has 128 valence electrons. The maximum absolute atomic E-state index is 12.1. The van der Waals surface area contributed by atoms with Crippen LogP contribution in [0.15, 0.2) is 60.0 Å². The van der Waals surface area contributed by atoms with Gasteiger partial charge in [-0.05, 0) is 31.4 Å². The third-order valence-corrected chi connectivity index (χ3v) is 4.91. The number of aromatic nitrogens is 1. The molecule has 2 aromatic carbocycles. The van der Waals surface area contributed by atoms with Crippen LogP contribution >= 0.6 is 11.3 Å². The molecule has 25 heavy (non-hydrogen) atoms. The number of aryl methyl sites for hydroxylation is 2. The van der Waals surface area contributed by atoms with Gasteiger partial charge in [0, 0.05) is 17.5 Å². The van der Waals surface area contributed by atoms with E-state index >= 15 is 0 Å². The van der Waals surface area contributed by atoms with Gasteiger partial charge in [-0.15, -0.1) is 11.3 Å². The van der Waals surface area contributed by atoms with Crippen LogP contribution in [0.4, 0.5) is 0 Å². The molecule has 0 saturated heterocycles. The zero-order valence-corrected chi connectivity index (χ0v) is 15.2. The molecule has 0 spiro atoms. The third-order valence-electron chi connectivity index (χ3n) is 3.97. The summed E-state index contributed by atoms with van der Waals surface area (Å²) in [5.74, 6) is 0.0363. The summed E-state index contributed by atoms with van der Waals surface area (Å²) in [5, 5.41) is 5.93. The minimum absolute atomic E-state index is 0.0363. The monoisotopic (exact) mass is 350 g/mol. The number of nitrogens with zero attached hydrogens (tertiary/aromatic N) is 1. The van der Waals surface area contributed by atoms with Gasteiger partial charge in [-0.3, -0.25) is 4.79 Å². The highest BCUT2D eigenvalue weighted by Gasteiger charge is 2.09. The van der Waals surface area contributed by atoms with Gasteiger partial charge in [0.25, 0.3) is 0 Å². The molecule has 3 nitrogen and oxygen atoms in total. The predicted molar refractivity (Wildman–Crippen MR) is 104 cm³/mol. The first-order valence-electron chi connectivity index (χ1n) is 8.53. The fourth-order valence-corrected chi connectivity index (χ4v) is 3.51. The van der Waals surface area contributed by atoms with Crippen molar-refractivity contribution in [2.24, 2.45) is 0 Å². The van der Waals surface area contributed by atoms with Gasteiger partial charge in [-0.2, -0.15) is 0 Å². The molecule has 1 N–H and O–H groups in total. The number of amides is 1. The fraction of sp³-hybridized carbons (Fsp3) is 0.238. The molecule has 1 aromatic heterocycles.